The monoisotopic (exact) mass is 438 g/mol. The van der Waals surface area contributed by atoms with Gasteiger partial charge < -0.3 is 20.9 Å². The zero-order chi connectivity index (χ0) is 21.8. The topological polar surface area (TPSA) is 56.4 Å². The number of piperazine rings is 1. The van der Waals surface area contributed by atoms with Crippen LogP contribution in [0.15, 0.2) is 60.7 Å². The Labute approximate surface area is 186 Å². The molecule has 0 aromatic heterocycles. The highest BCUT2D eigenvalue weighted by Gasteiger charge is 2.17. The van der Waals surface area contributed by atoms with Crippen molar-refractivity contribution in [2.45, 2.75) is 6.92 Å². The Morgan fingerprint density at radius 2 is 1.77 bits per heavy atom. The van der Waals surface area contributed by atoms with E-state index in [0.29, 0.717) is 27.6 Å². The van der Waals surface area contributed by atoms with Crippen LogP contribution < -0.4 is 20.9 Å². The second-order valence-corrected chi connectivity index (χ2v) is 7.85. The van der Waals surface area contributed by atoms with Crippen LogP contribution in [0.25, 0.3) is 0 Å². The van der Waals surface area contributed by atoms with Gasteiger partial charge in [-0.05, 0) is 55.0 Å². The van der Waals surface area contributed by atoms with Crippen molar-refractivity contribution < 1.29 is 9.18 Å². The Balaban J connectivity index is 1.53. The van der Waals surface area contributed by atoms with E-state index in [-0.39, 0.29) is 11.7 Å². The van der Waals surface area contributed by atoms with E-state index in [2.05, 4.69) is 16.0 Å². The molecule has 3 aromatic rings. The van der Waals surface area contributed by atoms with Gasteiger partial charge in [-0.25, -0.2) is 4.39 Å². The number of nitrogens with one attached hydrogen (secondary N) is 3. The lowest BCUT2D eigenvalue weighted by molar-refractivity contribution is 0.102. The molecular weight excluding hydrogens is 415 g/mol. The molecule has 7 heteroatoms. The smallest absolute Gasteiger partial charge is 0.257 e. The lowest BCUT2D eigenvalue weighted by Gasteiger charge is -2.29. The summed E-state index contributed by atoms with van der Waals surface area (Å²) in [6, 6.07) is 17.6. The maximum atomic E-state index is 14.7. The molecule has 1 amide bonds. The first-order valence-corrected chi connectivity index (χ1v) is 10.6. The fourth-order valence-electron chi connectivity index (χ4n) is 3.62. The Morgan fingerprint density at radius 3 is 2.55 bits per heavy atom. The number of hydrogen-bond acceptors (Lipinski definition) is 4. The Bertz CT molecular complexity index is 1100. The van der Waals surface area contributed by atoms with E-state index in [1.165, 1.54) is 6.07 Å². The van der Waals surface area contributed by atoms with Gasteiger partial charge in [0.05, 0.1) is 16.9 Å². The highest BCUT2D eigenvalue weighted by atomic mass is 35.5. The van der Waals surface area contributed by atoms with Gasteiger partial charge in [-0.15, -0.1) is 0 Å². The first-order chi connectivity index (χ1) is 15.0. The highest BCUT2D eigenvalue weighted by Crippen LogP contribution is 2.29. The van der Waals surface area contributed by atoms with Crippen LogP contribution in [0.3, 0.4) is 0 Å². The molecule has 1 aliphatic rings. The van der Waals surface area contributed by atoms with Crippen LogP contribution in [0, 0.1) is 12.7 Å². The molecular formula is C24H24ClFN4O. The first kappa shape index (κ1) is 21.2. The van der Waals surface area contributed by atoms with E-state index in [1.54, 1.807) is 24.3 Å². The van der Waals surface area contributed by atoms with Crippen LogP contribution in [-0.4, -0.2) is 32.1 Å². The fraction of sp³-hybridized carbons (Fsp3) is 0.208. The molecule has 4 rings (SSSR count). The number of hydrogen-bond donors (Lipinski definition) is 3. The number of nitrogens with zero attached hydrogens (tertiary/aromatic N) is 1. The van der Waals surface area contributed by atoms with Crippen LogP contribution in [0.4, 0.5) is 27.1 Å². The number of halogens is 2. The molecule has 0 saturated carbocycles. The Morgan fingerprint density at radius 1 is 1.03 bits per heavy atom. The number of carbonyl (C=O) groups excluding carboxylic acids is 1. The van der Waals surface area contributed by atoms with Crippen molar-refractivity contribution in [1.29, 1.82) is 0 Å². The van der Waals surface area contributed by atoms with Gasteiger partial charge in [-0.3, -0.25) is 4.79 Å². The summed E-state index contributed by atoms with van der Waals surface area (Å²) in [6.45, 7) is 5.08. The van der Waals surface area contributed by atoms with E-state index in [1.807, 2.05) is 42.2 Å². The van der Waals surface area contributed by atoms with E-state index in [4.69, 9.17) is 11.6 Å². The minimum absolute atomic E-state index is 0.322. The molecule has 1 saturated heterocycles. The minimum Gasteiger partial charge on any atom is -0.367 e. The van der Waals surface area contributed by atoms with Crippen LogP contribution >= 0.6 is 11.6 Å². The molecule has 0 unspecified atom stereocenters. The molecule has 1 aliphatic heterocycles. The molecule has 3 aromatic carbocycles. The first-order valence-electron chi connectivity index (χ1n) is 10.2. The summed E-state index contributed by atoms with van der Waals surface area (Å²) in [5.74, 6) is -0.669. The van der Waals surface area contributed by atoms with Crippen molar-refractivity contribution >= 4 is 40.3 Å². The van der Waals surface area contributed by atoms with E-state index >= 15 is 0 Å². The van der Waals surface area contributed by atoms with Crippen molar-refractivity contribution in [3.05, 3.63) is 82.6 Å². The molecule has 0 aliphatic carbocycles. The van der Waals surface area contributed by atoms with Gasteiger partial charge in [-0.1, -0.05) is 29.8 Å². The third kappa shape index (κ3) is 4.81. The summed E-state index contributed by atoms with van der Waals surface area (Å²) < 4.78 is 14.7. The zero-order valence-corrected chi connectivity index (χ0v) is 18.0. The zero-order valence-electron chi connectivity index (χ0n) is 17.2. The van der Waals surface area contributed by atoms with Gasteiger partial charge in [0.1, 0.15) is 5.82 Å². The summed E-state index contributed by atoms with van der Waals surface area (Å²) >= 11 is 6.21. The molecule has 0 radical (unpaired) electrons. The van der Waals surface area contributed by atoms with Crippen molar-refractivity contribution in [3.8, 4) is 0 Å². The minimum atomic E-state index is -0.347. The van der Waals surface area contributed by atoms with E-state index in [9.17, 15) is 9.18 Å². The molecule has 3 N–H and O–H groups in total. The lowest BCUT2D eigenvalue weighted by atomic mass is 10.1. The molecule has 1 heterocycles. The summed E-state index contributed by atoms with van der Waals surface area (Å²) in [4.78, 5) is 15.0. The molecule has 0 atom stereocenters. The molecule has 160 valence electrons. The average molecular weight is 439 g/mol. The number of rotatable bonds is 5. The highest BCUT2D eigenvalue weighted by molar-refractivity contribution is 6.31. The number of benzene rings is 3. The van der Waals surface area contributed by atoms with Gasteiger partial charge in [0.15, 0.2) is 0 Å². The van der Waals surface area contributed by atoms with E-state index in [0.717, 1.165) is 37.4 Å². The lowest BCUT2D eigenvalue weighted by Crippen LogP contribution is -2.43. The van der Waals surface area contributed by atoms with Crippen LogP contribution in [0.1, 0.15) is 15.9 Å². The molecule has 1 fully saturated rings. The largest absolute Gasteiger partial charge is 0.367 e. The van der Waals surface area contributed by atoms with Crippen molar-refractivity contribution in [2.75, 3.05) is 41.7 Å². The van der Waals surface area contributed by atoms with E-state index < -0.39 is 0 Å². The fourth-order valence-corrected chi connectivity index (χ4v) is 3.80. The summed E-state index contributed by atoms with van der Waals surface area (Å²) in [7, 11) is 0. The molecule has 5 nitrogen and oxygen atoms in total. The van der Waals surface area contributed by atoms with Gasteiger partial charge >= 0.3 is 0 Å². The normalized spacial score (nSPS) is 13.7. The molecule has 31 heavy (non-hydrogen) atoms. The third-order valence-electron chi connectivity index (χ3n) is 5.37. The standard InChI is InChI=1S/C24H24ClFN4O/c1-16-19(25)6-4-8-21(16)29-22-7-3-2-5-18(22)24(31)28-17-9-10-23(20(26)15-17)30-13-11-27-12-14-30/h2-10,15,27,29H,11-14H2,1H3,(H,28,31). The molecule has 0 bridgehead atoms. The number of para-hydroxylation sites is 1. The van der Waals surface area contributed by atoms with Crippen LogP contribution in [0.5, 0.6) is 0 Å². The number of amides is 1. The summed E-state index contributed by atoms with van der Waals surface area (Å²) in [5.41, 5.74) is 3.77. The number of carbonyl (C=O) groups is 1. The second-order valence-electron chi connectivity index (χ2n) is 7.44. The van der Waals surface area contributed by atoms with Gasteiger partial charge in [-0.2, -0.15) is 0 Å². The van der Waals surface area contributed by atoms with Crippen LogP contribution in [0.2, 0.25) is 5.02 Å². The second kappa shape index (κ2) is 9.37. The third-order valence-corrected chi connectivity index (χ3v) is 5.78. The Hall–Kier alpha value is -3.09. The predicted molar refractivity (Wildman–Crippen MR) is 125 cm³/mol. The summed E-state index contributed by atoms with van der Waals surface area (Å²) in [5, 5.41) is 9.99. The van der Waals surface area contributed by atoms with Crippen LogP contribution in [-0.2, 0) is 0 Å². The Kier molecular flexibility index (Phi) is 6.39. The van der Waals surface area contributed by atoms with Gasteiger partial charge in [0.25, 0.3) is 5.91 Å². The SMILES string of the molecule is Cc1c(Cl)cccc1Nc1ccccc1C(=O)Nc1ccc(N2CCNCC2)c(F)c1. The summed E-state index contributed by atoms with van der Waals surface area (Å²) in [6.07, 6.45) is 0. The molecule has 0 spiro atoms. The maximum absolute atomic E-state index is 14.7. The number of anilines is 4. The van der Waals surface area contributed by atoms with Crippen molar-refractivity contribution in [3.63, 3.8) is 0 Å². The van der Waals surface area contributed by atoms with Gasteiger partial charge in [0, 0.05) is 42.6 Å². The maximum Gasteiger partial charge on any atom is 0.257 e. The predicted octanol–water partition coefficient (Wildman–Crippen LogP) is 5.19. The van der Waals surface area contributed by atoms with Crippen molar-refractivity contribution in [1.82, 2.24) is 5.32 Å². The average Bonchev–Trinajstić information content (AvgIpc) is 2.78. The van der Waals surface area contributed by atoms with Crippen molar-refractivity contribution in [2.24, 2.45) is 0 Å². The van der Waals surface area contributed by atoms with Gasteiger partial charge in [0.2, 0.25) is 0 Å². The quantitative estimate of drug-likeness (QED) is 0.513.